The van der Waals surface area contributed by atoms with Crippen molar-refractivity contribution < 1.29 is 9.53 Å². The molecule has 116 valence electrons. The Hall–Kier alpha value is -0.770. The van der Waals surface area contributed by atoms with Gasteiger partial charge in [0.05, 0.1) is 0 Å². The number of carbonyl (C=O) groups is 1. The number of nitrogens with one attached hydrogen (secondary N) is 1. The van der Waals surface area contributed by atoms with Crippen LogP contribution in [-0.2, 0) is 4.74 Å². The standard InChI is InChI=1S/C16H30N2O2/c1-14(2,3)20-13(19)18-16(7-5-4-6-8-16)15(9-10-15)11-12-17/h4-12,17H2,1-3H3,(H,18,19). The van der Waals surface area contributed by atoms with Crippen LogP contribution in [0.3, 0.4) is 0 Å². The molecule has 0 unspecified atom stereocenters. The molecule has 0 saturated heterocycles. The van der Waals surface area contributed by atoms with Gasteiger partial charge in [-0.05, 0) is 64.8 Å². The fraction of sp³-hybridized carbons (Fsp3) is 0.938. The topological polar surface area (TPSA) is 64.3 Å². The van der Waals surface area contributed by atoms with Gasteiger partial charge in [-0.25, -0.2) is 4.79 Å². The number of nitrogens with two attached hydrogens (primary N) is 1. The number of carbonyl (C=O) groups excluding carboxylic acids is 1. The van der Waals surface area contributed by atoms with Gasteiger partial charge in [-0.3, -0.25) is 0 Å². The molecule has 0 aromatic heterocycles. The number of rotatable bonds is 4. The quantitative estimate of drug-likeness (QED) is 0.831. The van der Waals surface area contributed by atoms with Gasteiger partial charge in [0, 0.05) is 5.54 Å². The Bertz CT molecular complexity index is 350. The molecule has 0 atom stereocenters. The van der Waals surface area contributed by atoms with Crippen molar-refractivity contribution in [3.63, 3.8) is 0 Å². The van der Waals surface area contributed by atoms with Crippen molar-refractivity contribution in [3.05, 3.63) is 0 Å². The lowest BCUT2D eigenvalue weighted by molar-refractivity contribution is 0.0311. The summed E-state index contributed by atoms with van der Waals surface area (Å²) in [7, 11) is 0. The third-order valence-corrected chi connectivity index (χ3v) is 4.94. The van der Waals surface area contributed by atoms with Crippen molar-refractivity contribution in [2.45, 2.75) is 83.3 Å². The Balaban J connectivity index is 2.10. The molecule has 2 fully saturated rings. The second kappa shape index (κ2) is 5.55. The average Bonchev–Trinajstić information content (AvgIpc) is 3.09. The summed E-state index contributed by atoms with van der Waals surface area (Å²) < 4.78 is 5.49. The van der Waals surface area contributed by atoms with Crippen molar-refractivity contribution in [3.8, 4) is 0 Å². The SMILES string of the molecule is CC(C)(C)OC(=O)NC1(C2(CCN)CC2)CCCCC1. The Kier molecular flexibility index (Phi) is 4.33. The van der Waals surface area contributed by atoms with E-state index in [0.29, 0.717) is 6.54 Å². The van der Waals surface area contributed by atoms with Crippen LogP contribution in [0.2, 0.25) is 0 Å². The zero-order chi connectivity index (χ0) is 14.9. The smallest absolute Gasteiger partial charge is 0.408 e. The van der Waals surface area contributed by atoms with Crippen LogP contribution in [0.15, 0.2) is 0 Å². The molecule has 2 aliphatic rings. The van der Waals surface area contributed by atoms with Gasteiger partial charge in [-0.15, -0.1) is 0 Å². The first-order valence-electron chi connectivity index (χ1n) is 8.04. The van der Waals surface area contributed by atoms with E-state index in [9.17, 15) is 4.79 Å². The largest absolute Gasteiger partial charge is 0.444 e. The molecule has 2 aliphatic carbocycles. The average molecular weight is 282 g/mol. The monoisotopic (exact) mass is 282 g/mol. The van der Waals surface area contributed by atoms with Crippen molar-refractivity contribution in [2.75, 3.05) is 6.54 Å². The molecule has 0 bridgehead atoms. The number of ether oxygens (including phenoxy) is 1. The van der Waals surface area contributed by atoms with Crippen molar-refractivity contribution >= 4 is 6.09 Å². The van der Waals surface area contributed by atoms with E-state index in [1.807, 2.05) is 20.8 Å². The van der Waals surface area contributed by atoms with Crippen LogP contribution < -0.4 is 11.1 Å². The van der Waals surface area contributed by atoms with Gasteiger partial charge in [0.1, 0.15) is 5.60 Å². The van der Waals surface area contributed by atoms with E-state index in [0.717, 1.165) is 19.3 Å². The van der Waals surface area contributed by atoms with E-state index in [1.54, 1.807) is 0 Å². The Morgan fingerprint density at radius 1 is 1.15 bits per heavy atom. The first-order chi connectivity index (χ1) is 9.33. The molecule has 1 amide bonds. The van der Waals surface area contributed by atoms with Gasteiger partial charge in [0.2, 0.25) is 0 Å². The summed E-state index contributed by atoms with van der Waals surface area (Å²) in [6, 6.07) is 0. The molecular formula is C16H30N2O2. The maximum Gasteiger partial charge on any atom is 0.408 e. The zero-order valence-electron chi connectivity index (χ0n) is 13.3. The van der Waals surface area contributed by atoms with Gasteiger partial charge in [0.15, 0.2) is 0 Å². The summed E-state index contributed by atoms with van der Waals surface area (Å²) in [5.41, 5.74) is 5.53. The summed E-state index contributed by atoms with van der Waals surface area (Å²) in [4.78, 5) is 12.2. The highest BCUT2D eigenvalue weighted by Gasteiger charge is 2.59. The second-order valence-corrected chi connectivity index (χ2v) is 7.59. The highest BCUT2D eigenvalue weighted by molar-refractivity contribution is 5.69. The normalized spacial score (nSPS) is 24.0. The van der Waals surface area contributed by atoms with Gasteiger partial charge < -0.3 is 15.8 Å². The fourth-order valence-electron chi connectivity index (χ4n) is 3.84. The third kappa shape index (κ3) is 3.27. The van der Waals surface area contributed by atoms with Gasteiger partial charge in [0.25, 0.3) is 0 Å². The third-order valence-electron chi connectivity index (χ3n) is 4.94. The molecule has 4 nitrogen and oxygen atoms in total. The molecule has 0 aromatic carbocycles. The maximum atomic E-state index is 12.2. The molecule has 2 saturated carbocycles. The summed E-state index contributed by atoms with van der Waals surface area (Å²) in [5.74, 6) is 0. The van der Waals surface area contributed by atoms with E-state index in [2.05, 4.69) is 5.32 Å². The second-order valence-electron chi connectivity index (χ2n) is 7.59. The van der Waals surface area contributed by atoms with E-state index in [-0.39, 0.29) is 17.0 Å². The van der Waals surface area contributed by atoms with Crippen LogP contribution in [0.4, 0.5) is 4.79 Å². The molecule has 2 rings (SSSR count). The van der Waals surface area contributed by atoms with E-state index in [4.69, 9.17) is 10.5 Å². The zero-order valence-corrected chi connectivity index (χ0v) is 13.3. The van der Waals surface area contributed by atoms with Crippen LogP contribution in [0.5, 0.6) is 0 Å². The molecule has 3 N–H and O–H groups in total. The summed E-state index contributed by atoms with van der Waals surface area (Å²) in [6.45, 7) is 6.43. The summed E-state index contributed by atoms with van der Waals surface area (Å²) in [6.07, 6.45) is 8.96. The Morgan fingerprint density at radius 2 is 1.75 bits per heavy atom. The molecule has 0 aliphatic heterocycles. The van der Waals surface area contributed by atoms with Gasteiger partial charge >= 0.3 is 6.09 Å². The van der Waals surface area contributed by atoms with Crippen molar-refractivity contribution in [1.82, 2.24) is 5.32 Å². The van der Waals surface area contributed by atoms with Gasteiger partial charge in [-0.1, -0.05) is 19.3 Å². The molecule has 20 heavy (non-hydrogen) atoms. The highest BCUT2D eigenvalue weighted by Crippen LogP contribution is 2.60. The molecule has 0 radical (unpaired) electrons. The number of amides is 1. The molecular weight excluding hydrogens is 252 g/mol. The first kappa shape index (κ1) is 15.6. The minimum absolute atomic E-state index is 0.0764. The maximum absolute atomic E-state index is 12.2. The summed E-state index contributed by atoms with van der Waals surface area (Å²) in [5, 5.41) is 3.26. The highest BCUT2D eigenvalue weighted by atomic mass is 16.6. The van der Waals surface area contributed by atoms with Crippen LogP contribution in [0.1, 0.15) is 72.1 Å². The van der Waals surface area contributed by atoms with E-state index in [1.165, 1.54) is 32.1 Å². The molecule has 4 heteroatoms. The lowest BCUT2D eigenvalue weighted by Gasteiger charge is -2.45. The predicted molar refractivity (Wildman–Crippen MR) is 80.5 cm³/mol. The van der Waals surface area contributed by atoms with Crippen LogP contribution in [0, 0.1) is 5.41 Å². The number of hydrogen-bond acceptors (Lipinski definition) is 3. The minimum Gasteiger partial charge on any atom is -0.444 e. The minimum atomic E-state index is -0.440. The predicted octanol–water partition coefficient (Wildman–Crippen LogP) is 3.34. The molecule has 0 aromatic rings. The number of alkyl carbamates (subject to hydrolysis) is 1. The molecule has 0 spiro atoms. The van der Waals surface area contributed by atoms with Crippen LogP contribution in [0.25, 0.3) is 0 Å². The van der Waals surface area contributed by atoms with Crippen molar-refractivity contribution in [2.24, 2.45) is 11.1 Å². The Morgan fingerprint density at radius 3 is 2.20 bits per heavy atom. The molecule has 0 heterocycles. The fourth-order valence-corrected chi connectivity index (χ4v) is 3.84. The van der Waals surface area contributed by atoms with E-state index >= 15 is 0 Å². The lowest BCUT2D eigenvalue weighted by Crippen LogP contribution is -2.57. The summed E-state index contributed by atoms with van der Waals surface area (Å²) >= 11 is 0. The van der Waals surface area contributed by atoms with E-state index < -0.39 is 5.60 Å². The van der Waals surface area contributed by atoms with Crippen LogP contribution in [-0.4, -0.2) is 23.8 Å². The Labute approximate surface area is 122 Å². The van der Waals surface area contributed by atoms with Crippen LogP contribution >= 0.6 is 0 Å². The number of hydrogen-bond donors (Lipinski definition) is 2. The lowest BCUT2D eigenvalue weighted by atomic mass is 9.69. The first-order valence-corrected chi connectivity index (χ1v) is 8.04. The van der Waals surface area contributed by atoms with Crippen molar-refractivity contribution in [1.29, 1.82) is 0 Å². The van der Waals surface area contributed by atoms with Gasteiger partial charge in [-0.2, -0.15) is 0 Å².